The lowest BCUT2D eigenvalue weighted by Gasteiger charge is -2.35. The minimum absolute atomic E-state index is 0.253. The van der Waals surface area contributed by atoms with Crippen molar-refractivity contribution in [3.8, 4) is 0 Å². The van der Waals surface area contributed by atoms with Crippen LogP contribution in [0.1, 0.15) is 18.0 Å². The van der Waals surface area contributed by atoms with Gasteiger partial charge in [-0.25, -0.2) is 0 Å². The molecule has 0 bridgehead atoms. The molecule has 0 spiro atoms. The maximum absolute atomic E-state index is 12.5. The number of piperazine rings is 1. The monoisotopic (exact) mass is 291 g/mol. The van der Waals surface area contributed by atoms with Crippen molar-refractivity contribution < 1.29 is 19.5 Å². The van der Waals surface area contributed by atoms with E-state index in [-0.39, 0.29) is 6.54 Å². The highest BCUT2D eigenvalue weighted by atomic mass is 16.4. The number of rotatable bonds is 4. The fourth-order valence-electron chi connectivity index (χ4n) is 2.33. The summed E-state index contributed by atoms with van der Waals surface area (Å²) in [5, 5.41) is 11.5. The third-order valence-electron chi connectivity index (χ3n) is 3.41. The Morgan fingerprint density at radius 1 is 1.38 bits per heavy atom. The molecule has 1 unspecified atom stereocenters. The first-order valence-corrected chi connectivity index (χ1v) is 6.61. The van der Waals surface area contributed by atoms with Gasteiger partial charge in [-0.05, 0) is 5.56 Å². The van der Waals surface area contributed by atoms with Crippen molar-refractivity contribution in [3.63, 3.8) is 0 Å². The number of nitrogens with one attached hydrogen (secondary N) is 1. The van der Waals surface area contributed by atoms with Crippen LogP contribution in [-0.2, 0) is 14.4 Å². The summed E-state index contributed by atoms with van der Waals surface area (Å²) in [6, 6.07) is 6.85. The summed E-state index contributed by atoms with van der Waals surface area (Å²) in [5.41, 5.74) is 6.56. The Kier molecular flexibility index (Phi) is 4.54. The van der Waals surface area contributed by atoms with Gasteiger partial charge in [-0.3, -0.25) is 14.4 Å². The zero-order chi connectivity index (χ0) is 15.4. The fraction of sp³-hybridized carbons (Fsp3) is 0.357. The van der Waals surface area contributed by atoms with Crippen LogP contribution < -0.4 is 11.1 Å². The van der Waals surface area contributed by atoms with Gasteiger partial charge in [0.1, 0.15) is 12.1 Å². The maximum Gasteiger partial charge on any atom is 0.305 e. The largest absolute Gasteiger partial charge is 0.481 e. The van der Waals surface area contributed by atoms with E-state index in [1.54, 1.807) is 24.3 Å². The predicted molar refractivity (Wildman–Crippen MR) is 74.1 cm³/mol. The van der Waals surface area contributed by atoms with Gasteiger partial charge >= 0.3 is 5.97 Å². The van der Waals surface area contributed by atoms with Crippen LogP contribution in [0, 0.1) is 0 Å². The Balaban J connectivity index is 2.19. The maximum atomic E-state index is 12.5. The van der Waals surface area contributed by atoms with E-state index in [1.807, 2.05) is 6.07 Å². The molecule has 4 N–H and O–H groups in total. The molecule has 1 aliphatic heterocycles. The summed E-state index contributed by atoms with van der Waals surface area (Å²) in [7, 11) is 0. The fourth-order valence-corrected chi connectivity index (χ4v) is 2.33. The Bertz CT molecular complexity index is 546. The molecule has 0 aliphatic carbocycles. The molecule has 0 saturated carbocycles. The van der Waals surface area contributed by atoms with Crippen molar-refractivity contribution in [2.24, 2.45) is 5.73 Å². The molecule has 0 aromatic heterocycles. The number of hydrogen-bond donors (Lipinski definition) is 3. The summed E-state index contributed by atoms with van der Waals surface area (Å²) < 4.78 is 0. The molecule has 1 aromatic rings. The van der Waals surface area contributed by atoms with E-state index in [9.17, 15) is 14.4 Å². The number of hydrogen-bond acceptors (Lipinski definition) is 4. The van der Waals surface area contributed by atoms with Gasteiger partial charge in [0, 0.05) is 13.1 Å². The first kappa shape index (κ1) is 15.0. The van der Waals surface area contributed by atoms with Crippen molar-refractivity contribution in [2.45, 2.75) is 18.5 Å². The average Bonchev–Trinajstić information content (AvgIpc) is 2.48. The quantitative estimate of drug-likeness (QED) is 0.691. The lowest BCUT2D eigenvalue weighted by atomic mass is 10.0. The molecule has 1 heterocycles. The van der Waals surface area contributed by atoms with Crippen LogP contribution in [-0.4, -0.2) is 46.9 Å². The number of amides is 2. The zero-order valence-electron chi connectivity index (χ0n) is 11.4. The summed E-state index contributed by atoms with van der Waals surface area (Å²) >= 11 is 0. The Hall–Kier alpha value is -2.41. The van der Waals surface area contributed by atoms with E-state index in [1.165, 1.54) is 4.90 Å². The van der Waals surface area contributed by atoms with Crippen LogP contribution in [0.2, 0.25) is 0 Å². The van der Waals surface area contributed by atoms with Gasteiger partial charge in [-0.1, -0.05) is 30.3 Å². The van der Waals surface area contributed by atoms with Gasteiger partial charge in [-0.15, -0.1) is 0 Å². The lowest BCUT2D eigenvalue weighted by molar-refractivity contribution is -0.149. The number of carbonyl (C=O) groups excluding carboxylic acids is 2. The number of carboxylic acids is 1. The van der Waals surface area contributed by atoms with Crippen LogP contribution >= 0.6 is 0 Å². The number of nitrogens with zero attached hydrogens (tertiary/aromatic N) is 1. The molecule has 2 atom stereocenters. The molecule has 2 rings (SSSR count). The van der Waals surface area contributed by atoms with E-state index in [4.69, 9.17) is 10.8 Å². The predicted octanol–water partition coefficient (Wildman–Crippen LogP) is -0.512. The summed E-state index contributed by atoms with van der Waals surface area (Å²) in [6.07, 6.45) is -0.431. The molecule has 1 aromatic carbocycles. The van der Waals surface area contributed by atoms with Crippen LogP contribution in [0.25, 0.3) is 0 Å². The molecule has 0 radical (unpaired) electrons. The molecule has 7 heteroatoms. The second kappa shape index (κ2) is 6.36. The summed E-state index contributed by atoms with van der Waals surface area (Å²) in [5.74, 6) is -2.04. The van der Waals surface area contributed by atoms with Crippen LogP contribution in [0.3, 0.4) is 0 Å². The first-order valence-electron chi connectivity index (χ1n) is 6.61. The second-order valence-electron chi connectivity index (χ2n) is 4.82. The van der Waals surface area contributed by atoms with Gasteiger partial charge < -0.3 is 21.1 Å². The summed E-state index contributed by atoms with van der Waals surface area (Å²) in [6.45, 7) is 0.547. The van der Waals surface area contributed by atoms with E-state index in [2.05, 4.69) is 5.32 Å². The smallest absolute Gasteiger partial charge is 0.305 e. The molecule has 1 saturated heterocycles. The van der Waals surface area contributed by atoms with Gasteiger partial charge in [0.2, 0.25) is 11.8 Å². The standard InChI is InChI=1S/C14H17N3O4/c15-12(9-4-2-1-3-5-9)14(21)17-7-6-16-13(20)10(17)8-11(18)19/h1-5,10,12H,6-8,15H2,(H,16,20)(H,18,19)/t10?,12-/m1/s1. The normalized spacial score (nSPS) is 19.8. The van der Waals surface area contributed by atoms with Crippen molar-refractivity contribution >= 4 is 17.8 Å². The van der Waals surface area contributed by atoms with E-state index in [0.29, 0.717) is 12.1 Å². The molecule has 1 aliphatic rings. The minimum atomic E-state index is -1.14. The second-order valence-corrected chi connectivity index (χ2v) is 4.82. The van der Waals surface area contributed by atoms with Crippen molar-refractivity contribution in [2.75, 3.05) is 13.1 Å². The third kappa shape index (κ3) is 3.38. The average molecular weight is 291 g/mol. The first-order chi connectivity index (χ1) is 10.0. The van der Waals surface area contributed by atoms with Gasteiger partial charge in [-0.2, -0.15) is 0 Å². The molecule has 2 amide bonds. The molecule has 7 nitrogen and oxygen atoms in total. The van der Waals surface area contributed by atoms with Crippen molar-refractivity contribution in [1.29, 1.82) is 0 Å². The number of nitrogens with two attached hydrogens (primary N) is 1. The lowest BCUT2D eigenvalue weighted by Crippen LogP contribution is -2.59. The van der Waals surface area contributed by atoms with Crippen LogP contribution in [0.5, 0.6) is 0 Å². The Morgan fingerprint density at radius 2 is 2.05 bits per heavy atom. The topological polar surface area (TPSA) is 113 Å². The highest BCUT2D eigenvalue weighted by molar-refractivity contribution is 5.93. The molecule has 1 fully saturated rings. The Labute approximate surface area is 121 Å². The molecule has 112 valence electrons. The molecule has 21 heavy (non-hydrogen) atoms. The van der Waals surface area contributed by atoms with E-state index < -0.39 is 36.3 Å². The number of carbonyl (C=O) groups is 3. The highest BCUT2D eigenvalue weighted by Crippen LogP contribution is 2.17. The SMILES string of the molecule is N[C@@H](C(=O)N1CCNC(=O)C1CC(=O)O)c1ccccc1. The molecular weight excluding hydrogens is 274 g/mol. The number of aliphatic carboxylic acids is 1. The molecular formula is C14H17N3O4. The number of benzene rings is 1. The third-order valence-corrected chi connectivity index (χ3v) is 3.41. The van der Waals surface area contributed by atoms with E-state index >= 15 is 0 Å². The van der Waals surface area contributed by atoms with Gasteiger partial charge in [0.25, 0.3) is 0 Å². The van der Waals surface area contributed by atoms with Crippen LogP contribution in [0.15, 0.2) is 30.3 Å². The van der Waals surface area contributed by atoms with Gasteiger partial charge in [0.15, 0.2) is 0 Å². The van der Waals surface area contributed by atoms with Gasteiger partial charge in [0.05, 0.1) is 6.42 Å². The van der Waals surface area contributed by atoms with Crippen molar-refractivity contribution in [3.05, 3.63) is 35.9 Å². The highest BCUT2D eigenvalue weighted by Gasteiger charge is 2.36. The van der Waals surface area contributed by atoms with E-state index in [0.717, 1.165) is 0 Å². The minimum Gasteiger partial charge on any atom is -0.481 e. The van der Waals surface area contributed by atoms with Crippen molar-refractivity contribution in [1.82, 2.24) is 10.2 Å². The van der Waals surface area contributed by atoms with Crippen LogP contribution in [0.4, 0.5) is 0 Å². The number of carboxylic acid groups (broad SMARTS) is 1. The summed E-state index contributed by atoms with van der Waals surface area (Å²) in [4.78, 5) is 36.4. The Morgan fingerprint density at radius 3 is 2.67 bits per heavy atom. The zero-order valence-corrected chi connectivity index (χ0v) is 11.4.